The van der Waals surface area contributed by atoms with Crippen LogP contribution in [0.3, 0.4) is 0 Å². The third-order valence-corrected chi connectivity index (χ3v) is 4.63. The first-order valence-corrected chi connectivity index (χ1v) is 11.0. The number of nitrogens with one attached hydrogen (secondary N) is 3. The molecule has 0 spiro atoms. The molecule has 0 radical (unpaired) electrons. The van der Waals surface area contributed by atoms with Crippen molar-refractivity contribution in [1.82, 2.24) is 16.0 Å². The fourth-order valence-electron chi connectivity index (χ4n) is 2.75. The molecule has 0 saturated carbocycles. The number of nitrogens with zero attached hydrogens (tertiary/aromatic N) is 2. The van der Waals surface area contributed by atoms with E-state index in [1.54, 1.807) is 0 Å². The Morgan fingerprint density at radius 1 is 0.750 bits per heavy atom. The minimum atomic E-state index is -1.54. The molecular formula is C19H36N10O7. The highest BCUT2D eigenvalue weighted by Crippen LogP contribution is 2.02. The van der Waals surface area contributed by atoms with Crippen LogP contribution in [0.4, 0.5) is 0 Å². The van der Waals surface area contributed by atoms with Crippen LogP contribution in [0.2, 0.25) is 0 Å². The molecule has 0 aromatic heterocycles. The minimum absolute atomic E-state index is 0.0112. The molecule has 0 fully saturated rings. The zero-order chi connectivity index (χ0) is 27.8. The van der Waals surface area contributed by atoms with Crippen molar-refractivity contribution >= 4 is 41.6 Å². The number of carbonyl (C=O) groups is 5. The number of carboxylic acids is 2. The number of aliphatic imine (C=N–C) groups is 2. The summed E-state index contributed by atoms with van der Waals surface area (Å²) in [5, 5.41) is 25.2. The molecule has 0 bridgehead atoms. The van der Waals surface area contributed by atoms with Crippen LogP contribution < -0.4 is 44.6 Å². The Kier molecular flexibility index (Phi) is 14.6. The molecule has 17 heteroatoms. The highest BCUT2D eigenvalue weighted by molar-refractivity contribution is 5.95. The van der Waals surface area contributed by atoms with Crippen molar-refractivity contribution in [3.63, 3.8) is 0 Å². The molecule has 0 aliphatic rings. The lowest BCUT2D eigenvalue weighted by Gasteiger charge is -2.22. The summed E-state index contributed by atoms with van der Waals surface area (Å²) < 4.78 is 0. The van der Waals surface area contributed by atoms with E-state index in [2.05, 4.69) is 25.9 Å². The molecule has 17 nitrogen and oxygen atoms in total. The van der Waals surface area contributed by atoms with Crippen LogP contribution in [0.1, 0.15) is 39.0 Å². The predicted molar refractivity (Wildman–Crippen MR) is 129 cm³/mol. The maximum Gasteiger partial charge on any atom is 0.326 e. The van der Waals surface area contributed by atoms with Crippen molar-refractivity contribution in [3.05, 3.63) is 0 Å². The van der Waals surface area contributed by atoms with Gasteiger partial charge in [0.1, 0.15) is 18.1 Å². The van der Waals surface area contributed by atoms with Gasteiger partial charge in [-0.3, -0.25) is 29.2 Å². The van der Waals surface area contributed by atoms with Gasteiger partial charge in [0.05, 0.1) is 12.5 Å². The van der Waals surface area contributed by atoms with Crippen LogP contribution in [0.25, 0.3) is 0 Å². The Bertz CT molecular complexity index is 840. The number of hydrogen-bond donors (Lipinski definition) is 10. The van der Waals surface area contributed by atoms with Crippen molar-refractivity contribution in [2.24, 2.45) is 38.7 Å². The van der Waals surface area contributed by atoms with Crippen molar-refractivity contribution in [2.45, 2.75) is 63.2 Å². The zero-order valence-corrected chi connectivity index (χ0v) is 20.0. The third kappa shape index (κ3) is 14.2. The van der Waals surface area contributed by atoms with E-state index < -0.39 is 60.2 Å². The van der Waals surface area contributed by atoms with Gasteiger partial charge in [-0.1, -0.05) is 0 Å². The molecule has 4 atom stereocenters. The minimum Gasteiger partial charge on any atom is -0.481 e. The fourth-order valence-corrected chi connectivity index (χ4v) is 2.75. The molecule has 3 amide bonds. The van der Waals surface area contributed by atoms with E-state index in [4.69, 9.17) is 33.8 Å². The number of rotatable bonds is 17. The molecular weight excluding hydrogens is 480 g/mol. The van der Waals surface area contributed by atoms with E-state index >= 15 is 0 Å². The lowest BCUT2D eigenvalue weighted by molar-refractivity contribution is -0.143. The van der Waals surface area contributed by atoms with Crippen LogP contribution in [0.5, 0.6) is 0 Å². The van der Waals surface area contributed by atoms with Crippen LogP contribution in [-0.2, 0) is 24.0 Å². The monoisotopic (exact) mass is 516 g/mol. The number of amides is 3. The van der Waals surface area contributed by atoms with Crippen LogP contribution in [0.15, 0.2) is 9.98 Å². The van der Waals surface area contributed by atoms with E-state index in [-0.39, 0.29) is 44.3 Å². The maximum absolute atomic E-state index is 12.6. The third-order valence-electron chi connectivity index (χ3n) is 4.63. The standard InChI is InChI=1S/C19H36N10O7/c1-9(14(32)28-11(17(35)36)5-3-7-26-19(23)24)27-16(34)12(8-13(30)31)29-15(33)10(20)4-2-6-25-18(21)22/h9-12H,2-8,20H2,1H3,(H,27,34)(H,28,32)(H,29,33)(H,30,31)(H,35,36)(H4,21,22,25)(H4,23,24,26). The highest BCUT2D eigenvalue weighted by Gasteiger charge is 2.29. The second-order valence-corrected chi connectivity index (χ2v) is 7.79. The molecule has 4 unspecified atom stereocenters. The molecule has 0 aromatic carbocycles. The molecule has 0 heterocycles. The van der Waals surface area contributed by atoms with E-state index in [0.29, 0.717) is 6.42 Å². The Hall–Kier alpha value is -4.15. The Labute approximate surface area is 207 Å². The van der Waals surface area contributed by atoms with Crippen molar-refractivity contribution in [2.75, 3.05) is 13.1 Å². The van der Waals surface area contributed by atoms with Crippen LogP contribution in [0, 0.1) is 0 Å². The summed E-state index contributed by atoms with van der Waals surface area (Å²) in [5.74, 6) is -5.57. The van der Waals surface area contributed by atoms with E-state index in [1.807, 2.05) is 0 Å². The topological polar surface area (TPSA) is 317 Å². The van der Waals surface area contributed by atoms with Gasteiger partial charge >= 0.3 is 11.9 Å². The first-order valence-electron chi connectivity index (χ1n) is 11.0. The SMILES string of the molecule is CC(NC(=O)C(CC(=O)O)NC(=O)C(N)CCCN=C(N)N)C(=O)NC(CCCN=C(N)N)C(=O)O. The summed E-state index contributed by atoms with van der Waals surface area (Å²) >= 11 is 0. The number of carbonyl (C=O) groups excluding carboxylic acids is 3. The number of nitrogens with two attached hydrogens (primary N) is 5. The van der Waals surface area contributed by atoms with E-state index in [0.717, 1.165) is 0 Å². The molecule has 15 N–H and O–H groups in total. The molecule has 36 heavy (non-hydrogen) atoms. The normalized spacial score (nSPS) is 13.7. The van der Waals surface area contributed by atoms with Crippen molar-refractivity contribution in [3.8, 4) is 0 Å². The number of guanidine groups is 2. The number of hydrogen-bond acceptors (Lipinski definition) is 8. The molecule has 204 valence electrons. The maximum atomic E-state index is 12.6. The van der Waals surface area contributed by atoms with Crippen molar-refractivity contribution < 1.29 is 34.2 Å². The zero-order valence-electron chi connectivity index (χ0n) is 20.0. The van der Waals surface area contributed by atoms with Gasteiger partial charge in [0.2, 0.25) is 17.7 Å². The highest BCUT2D eigenvalue weighted by atomic mass is 16.4. The van der Waals surface area contributed by atoms with Gasteiger partial charge in [-0.15, -0.1) is 0 Å². The fraction of sp³-hybridized carbons (Fsp3) is 0.632. The molecule has 0 aliphatic carbocycles. The summed E-state index contributed by atoms with van der Waals surface area (Å²) in [4.78, 5) is 67.3. The van der Waals surface area contributed by atoms with Gasteiger partial charge in [-0.2, -0.15) is 0 Å². The number of carboxylic acid groups (broad SMARTS) is 2. The van der Waals surface area contributed by atoms with Crippen LogP contribution in [-0.4, -0.2) is 89.0 Å². The van der Waals surface area contributed by atoms with Gasteiger partial charge in [-0.05, 0) is 32.6 Å². The van der Waals surface area contributed by atoms with Gasteiger partial charge in [-0.25, -0.2) is 4.79 Å². The first kappa shape index (κ1) is 31.8. The van der Waals surface area contributed by atoms with Gasteiger partial charge in [0.15, 0.2) is 11.9 Å². The largest absolute Gasteiger partial charge is 0.481 e. The summed E-state index contributed by atoms with van der Waals surface area (Å²) in [6.07, 6.45) is 0.0000604. The van der Waals surface area contributed by atoms with Gasteiger partial charge in [0, 0.05) is 13.1 Å². The molecule has 0 aromatic rings. The van der Waals surface area contributed by atoms with E-state index in [9.17, 15) is 29.1 Å². The number of aliphatic carboxylic acids is 2. The summed E-state index contributed by atoms with van der Waals surface area (Å²) in [7, 11) is 0. The Morgan fingerprint density at radius 2 is 1.25 bits per heavy atom. The van der Waals surface area contributed by atoms with E-state index in [1.165, 1.54) is 6.92 Å². The Morgan fingerprint density at radius 3 is 1.72 bits per heavy atom. The lowest BCUT2D eigenvalue weighted by atomic mass is 10.1. The average molecular weight is 517 g/mol. The van der Waals surface area contributed by atoms with Crippen molar-refractivity contribution in [1.29, 1.82) is 0 Å². The first-order chi connectivity index (χ1) is 16.7. The Balaban J connectivity index is 5.00. The average Bonchev–Trinajstić information content (AvgIpc) is 2.76. The molecule has 0 saturated heterocycles. The second kappa shape index (κ2) is 16.5. The van der Waals surface area contributed by atoms with Gasteiger partial charge < -0.3 is 54.8 Å². The smallest absolute Gasteiger partial charge is 0.326 e. The quantitative estimate of drug-likeness (QED) is 0.0496. The lowest BCUT2D eigenvalue weighted by Crippen LogP contribution is -2.56. The van der Waals surface area contributed by atoms with Gasteiger partial charge in [0.25, 0.3) is 0 Å². The predicted octanol–water partition coefficient (Wildman–Crippen LogP) is -4.55. The second-order valence-electron chi connectivity index (χ2n) is 7.79. The van der Waals surface area contributed by atoms with Crippen LogP contribution >= 0.6 is 0 Å². The summed E-state index contributed by atoms with van der Waals surface area (Å²) in [6.45, 7) is 1.64. The molecule has 0 rings (SSSR count). The summed E-state index contributed by atoms with van der Waals surface area (Å²) in [5.41, 5.74) is 26.6. The summed E-state index contributed by atoms with van der Waals surface area (Å²) in [6, 6.07) is -5.14. The molecule has 0 aliphatic heterocycles.